The molecule has 1 N–H and O–H groups in total. The van der Waals surface area contributed by atoms with E-state index in [4.69, 9.17) is 0 Å². The molecular formula is C13H27N3O. The molecule has 1 aliphatic heterocycles. The minimum atomic E-state index is 0.257. The summed E-state index contributed by atoms with van der Waals surface area (Å²) in [5.41, 5.74) is 0. The van der Waals surface area contributed by atoms with E-state index >= 15 is 0 Å². The van der Waals surface area contributed by atoms with E-state index in [0.717, 1.165) is 45.6 Å². The van der Waals surface area contributed by atoms with E-state index in [1.165, 1.54) is 0 Å². The monoisotopic (exact) mass is 241 g/mol. The summed E-state index contributed by atoms with van der Waals surface area (Å²) in [5, 5.41) is 3.35. The molecule has 0 radical (unpaired) electrons. The van der Waals surface area contributed by atoms with Crippen LogP contribution >= 0.6 is 0 Å². The summed E-state index contributed by atoms with van der Waals surface area (Å²) in [5.74, 6) is 0.917. The normalized spacial score (nSPS) is 18.1. The highest BCUT2D eigenvalue weighted by Gasteiger charge is 2.15. The van der Waals surface area contributed by atoms with Gasteiger partial charge in [-0.15, -0.1) is 0 Å². The quantitative estimate of drug-likeness (QED) is 0.773. The van der Waals surface area contributed by atoms with Gasteiger partial charge in [-0.05, 0) is 31.8 Å². The molecule has 1 saturated heterocycles. The molecule has 1 aliphatic rings. The Balaban J connectivity index is 2.26. The maximum absolute atomic E-state index is 12.0. The van der Waals surface area contributed by atoms with Gasteiger partial charge in [0.05, 0.1) is 6.54 Å². The zero-order valence-corrected chi connectivity index (χ0v) is 11.5. The van der Waals surface area contributed by atoms with Crippen molar-refractivity contribution in [1.82, 2.24) is 15.1 Å². The topological polar surface area (TPSA) is 35.6 Å². The molecule has 1 amide bonds. The molecule has 1 rings (SSSR count). The Morgan fingerprint density at radius 1 is 1.35 bits per heavy atom. The SMILES string of the molecule is CC(C)CCN(C)C(=O)CN1CCCNCC1. The number of nitrogens with zero attached hydrogens (tertiary/aromatic N) is 2. The number of hydrogen-bond acceptors (Lipinski definition) is 3. The van der Waals surface area contributed by atoms with E-state index in [1.807, 2.05) is 11.9 Å². The van der Waals surface area contributed by atoms with Crippen LogP contribution in [0.1, 0.15) is 26.7 Å². The van der Waals surface area contributed by atoms with Gasteiger partial charge in [0, 0.05) is 26.7 Å². The number of likely N-dealkylation sites (N-methyl/N-ethyl adjacent to an activating group) is 1. The second-order valence-electron chi connectivity index (χ2n) is 5.38. The van der Waals surface area contributed by atoms with Crippen LogP contribution in [0.15, 0.2) is 0 Å². The molecule has 0 aromatic carbocycles. The van der Waals surface area contributed by atoms with Gasteiger partial charge in [-0.2, -0.15) is 0 Å². The highest BCUT2D eigenvalue weighted by Crippen LogP contribution is 2.02. The first kappa shape index (κ1) is 14.5. The third-order valence-corrected chi connectivity index (χ3v) is 3.26. The van der Waals surface area contributed by atoms with E-state index in [9.17, 15) is 4.79 Å². The van der Waals surface area contributed by atoms with Crippen molar-refractivity contribution in [2.24, 2.45) is 5.92 Å². The van der Waals surface area contributed by atoms with Gasteiger partial charge in [-0.3, -0.25) is 9.69 Å². The highest BCUT2D eigenvalue weighted by molar-refractivity contribution is 5.77. The molecule has 17 heavy (non-hydrogen) atoms. The Hall–Kier alpha value is -0.610. The van der Waals surface area contributed by atoms with E-state index in [-0.39, 0.29) is 5.91 Å². The zero-order valence-electron chi connectivity index (χ0n) is 11.5. The van der Waals surface area contributed by atoms with Crippen LogP contribution in [0.25, 0.3) is 0 Å². The summed E-state index contributed by atoms with van der Waals surface area (Å²) >= 11 is 0. The van der Waals surface area contributed by atoms with Crippen LogP contribution in [0.4, 0.5) is 0 Å². The van der Waals surface area contributed by atoms with E-state index in [0.29, 0.717) is 12.5 Å². The number of carbonyl (C=O) groups excluding carboxylic acids is 1. The van der Waals surface area contributed by atoms with Crippen molar-refractivity contribution in [3.8, 4) is 0 Å². The molecule has 0 aliphatic carbocycles. The van der Waals surface area contributed by atoms with E-state index in [1.54, 1.807) is 0 Å². The second-order valence-corrected chi connectivity index (χ2v) is 5.38. The third kappa shape index (κ3) is 6.03. The molecule has 100 valence electrons. The predicted octanol–water partition coefficient (Wildman–Crippen LogP) is 0.786. The lowest BCUT2D eigenvalue weighted by Crippen LogP contribution is -2.40. The summed E-state index contributed by atoms with van der Waals surface area (Å²) in [6.07, 6.45) is 2.23. The summed E-state index contributed by atoms with van der Waals surface area (Å²) < 4.78 is 0. The van der Waals surface area contributed by atoms with Crippen molar-refractivity contribution < 1.29 is 4.79 Å². The van der Waals surface area contributed by atoms with Crippen molar-refractivity contribution in [3.05, 3.63) is 0 Å². The third-order valence-electron chi connectivity index (χ3n) is 3.26. The number of hydrogen-bond donors (Lipinski definition) is 1. The first-order valence-electron chi connectivity index (χ1n) is 6.76. The van der Waals surface area contributed by atoms with Gasteiger partial charge in [0.2, 0.25) is 5.91 Å². The lowest BCUT2D eigenvalue weighted by atomic mass is 10.1. The summed E-state index contributed by atoms with van der Waals surface area (Å²) in [4.78, 5) is 16.1. The number of amides is 1. The Morgan fingerprint density at radius 2 is 2.12 bits per heavy atom. The number of carbonyl (C=O) groups is 1. The van der Waals surface area contributed by atoms with Crippen molar-refractivity contribution in [2.75, 3.05) is 46.3 Å². The van der Waals surface area contributed by atoms with Crippen LogP contribution in [-0.2, 0) is 4.79 Å². The van der Waals surface area contributed by atoms with Gasteiger partial charge in [-0.25, -0.2) is 0 Å². The average Bonchev–Trinajstić information content (AvgIpc) is 2.54. The summed E-state index contributed by atoms with van der Waals surface area (Å²) in [7, 11) is 1.92. The molecule has 0 spiro atoms. The fourth-order valence-corrected chi connectivity index (χ4v) is 1.95. The van der Waals surface area contributed by atoms with E-state index in [2.05, 4.69) is 24.1 Å². The fraction of sp³-hybridized carbons (Fsp3) is 0.923. The van der Waals surface area contributed by atoms with Crippen LogP contribution in [0.3, 0.4) is 0 Å². The minimum absolute atomic E-state index is 0.257. The van der Waals surface area contributed by atoms with Crippen LogP contribution in [0.2, 0.25) is 0 Å². The molecule has 0 atom stereocenters. The maximum atomic E-state index is 12.0. The van der Waals surface area contributed by atoms with Gasteiger partial charge in [0.25, 0.3) is 0 Å². The summed E-state index contributed by atoms with van der Waals surface area (Å²) in [6.45, 7) is 9.95. The Kier molecular flexibility index (Phi) is 6.52. The Labute approximate surface area is 105 Å². The number of nitrogens with one attached hydrogen (secondary N) is 1. The molecule has 0 unspecified atom stereocenters. The minimum Gasteiger partial charge on any atom is -0.345 e. The first-order chi connectivity index (χ1) is 8.09. The van der Waals surface area contributed by atoms with Crippen molar-refractivity contribution in [1.29, 1.82) is 0 Å². The van der Waals surface area contributed by atoms with Gasteiger partial charge < -0.3 is 10.2 Å². The Bertz CT molecular complexity index is 223. The zero-order chi connectivity index (χ0) is 12.7. The molecule has 0 aromatic rings. The Morgan fingerprint density at radius 3 is 2.82 bits per heavy atom. The van der Waals surface area contributed by atoms with Gasteiger partial charge in [0.15, 0.2) is 0 Å². The molecule has 0 bridgehead atoms. The molecule has 4 nitrogen and oxygen atoms in total. The van der Waals surface area contributed by atoms with Gasteiger partial charge >= 0.3 is 0 Å². The summed E-state index contributed by atoms with van der Waals surface area (Å²) in [6, 6.07) is 0. The van der Waals surface area contributed by atoms with E-state index < -0.39 is 0 Å². The maximum Gasteiger partial charge on any atom is 0.236 e. The second kappa shape index (κ2) is 7.67. The average molecular weight is 241 g/mol. The van der Waals surface area contributed by atoms with Crippen molar-refractivity contribution in [2.45, 2.75) is 26.7 Å². The predicted molar refractivity (Wildman–Crippen MR) is 71.0 cm³/mol. The van der Waals surface area contributed by atoms with Crippen LogP contribution in [0, 0.1) is 5.92 Å². The molecule has 1 fully saturated rings. The van der Waals surface area contributed by atoms with Gasteiger partial charge in [-0.1, -0.05) is 13.8 Å². The fourth-order valence-electron chi connectivity index (χ4n) is 1.95. The van der Waals surface area contributed by atoms with Crippen molar-refractivity contribution in [3.63, 3.8) is 0 Å². The van der Waals surface area contributed by atoms with Crippen LogP contribution in [-0.4, -0.2) is 62.0 Å². The molecular weight excluding hydrogens is 214 g/mol. The molecule has 0 aromatic heterocycles. The molecule has 0 saturated carbocycles. The lowest BCUT2D eigenvalue weighted by Gasteiger charge is -2.24. The molecule has 1 heterocycles. The standard InChI is InChI=1S/C13H27N3O/c1-12(2)5-9-15(3)13(17)11-16-8-4-6-14-7-10-16/h12,14H,4-11H2,1-3H3. The molecule has 4 heteroatoms. The number of rotatable bonds is 5. The van der Waals surface area contributed by atoms with Crippen molar-refractivity contribution >= 4 is 5.91 Å². The lowest BCUT2D eigenvalue weighted by molar-refractivity contribution is -0.131. The largest absolute Gasteiger partial charge is 0.345 e. The smallest absolute Gasteiger partial charge is 0.236 e. The first-order valence-corrected chi connectivity index (χ1v) is 6.76. The highest BCUT2D eigenvalue weighted by atomic mass is 16.2. The van der Waals surface area contributed by atoms with Gasteiger partial charge in [0.1, 0.15) is 0 Å². The van der Waals surface area contributed by atoms with Crippen LogP contribution in [0.5, 0.6) is 0 Å². The van der Waals surface area contributed by atoms with Crippen LogP contribution < -0.4 is 5.32 Å².